The molecule has 1 unspecified atom stereocenters. The number of pyridine rings is 1. The first-order valence-corrected chi connectivity index (χ1v) is 10.4. The summed E-state index contributed by atoms with van der Waals surface area (Å²) in [5.41, 5.74) is 1.43. The fraction of sp³-hybridized carbons (Fsp3) is 0.158. The van der Waals surface area contributed by atoms with E-state index in [9.17, 15) is 13.2 Å². The second-order valence-corrected chi connectivity index (χ2v) is 8.92. The number of rotatable bonds is 6. The van der Waals surface area contributed by atoms with Crippen LogP contribution in [0.3, 0.4) is 0 Å². The minimum Gasteiger partial charge on any atom is -0.350 e. The summed E-state index contributed by atoms with van der Waals surface area (Å²) in [5, 5.41) is 3.73. The number of benzene rings is 1. The molecule has 2 aromatic heterocycles. The van der Waals surface area contributed by atoms with Crippen molar-refractivity contribution in [1.29, 1.82) is 0 Å². The van der Waals surface area contributed by atoms with Gasteiger partial charge in [0.1, 0.15) is 5.25 Å². The molecule has 0 aliphatic heterocycles. The molecule has 0 saturated carbocycles. The zero-order valence-electron chi connectivity index (χ0n) is 14.1. The number of carbonyl (C=O) groups is 1. The average Bonchev–Trinajstić information content (AvgIpc) is 3.17. The van der Waals surface area contributed by atoms with E-state index in [0.717, 1.165) is 5.56 Å². The van der Waals surface area contributed by atoms with Crippen molar-refractivity contribution in [1.82, 2.24) is 10.3 Å². The van der Waals surface area contributed by atoms with E-state index in [-0.39, 0.29) is 17.3 Å². The molecule has 0 bridgehead atoms. The first-order valence-electron chi connectivity index (χ1n) is 8.00. The summed E-state index contributed by atoms with van der Waals surface area (Å²) in [6.07, 6.45) is 3.05. The maximum atomic E-state index is 13.1. The fourth-order valence-corrected chi connectivity index (χ4v) is 5.30. The maximum Gasteiger partial charge on any atom is 0.251 e. The number of amides is 1. The average molecular weight is 386 g/mol. The van der Waals surface area contributed by atoms with Crippen LogP contribution in [-0.4, -0.2) is 25.9 Å². The van der Waals surface area contributed by atoms with Crippen molar-refractivity contribution in [3.8, 4) is 0 Å². The molecule has 0 radical (unpaired) electrons. The van der Waals surface area contributed by atoms with E-state index < -0.39 is 15.1 Å². The SMILES string of the molecule is Cc1ccc(S(=O)(=O)C(CNC(=O)c2ccncc2)c2cccs2)cc1. The van der Waals surface area contributed by atoms with Crippen LogP contribution in [0.4, 0.5) is 0 Å². The molecule has 134 valence electrons. The first kappa shape index (κ1) is 18.3. The largest absolute Gasteiger partial charge is 0.350 e. The van der Waals surface area contributed by atoms with Gasteiger partial charge in [0, 0.05) is 29.4 Å². The molecule has 26 heavy (non-hydrogen) atoms. The predicted octanol–water partition coefficient (Wildman–Crippen LogP) is 3.40. The van der Waals surface area contributed by atoms with Gasteiger partial charge < -0.3 is 5.32 Å². The van der Waals surface area contributed by atoms with Crippen LogP contribution in [0.15, 0.2) is 71.2 Å². The standard InChI is InChI=1S/C19H18N2O3S2/c1-14-4-6-16(7-5-14)26(23,24)18(17-3-2-12-25-17)13-21-19(22)15-8-10-20-11-9-15/h2-12,18H,13H2,1H3,(H,21,22). The summed E-state index contributed by atoms with van der Waals surface area (Å²) in [6.45, 7) is 1.90. The predicted molar refractivity (Wildman–Crippen MR) is 102 cm³/mol. The van der Waals surface area contributed by atoms with Gasteiger partial charge in [-0.05, 0) is 42.6 Å². The number of hydrogen-bond donors (Lipinski definition) is 1. The van der Waals surface area contributed by atoms with Crippen LogP contribution in [0.1, 0.15) is 26.0 Å². The highest BCUT2D eigenvalue weighted by Crippen LogP contribution is 2.31. The Labute approximate surface area is 156 Å². The maximum absolute atomic E-state index is 13.1. The number of aryl methyl sites for hydroxylation is 1. The fourth-order valence-electron chi connectivity index (χ4n) is 2.52. The van der Waals surface area contributed by atoms with E-state index in [1.54, 1.807) is 42.5 Å². The second kappa shape index (κ2) is 7.80. The van der Waals surface area contributed by atoms with Crippen LogP contribution >= 0.6 is 11.3 Å². The van der Waals surface area contributed by atoms with Gasteiger partial charge in [-0.1, -0.05) is 23.8 Å². The number of carbonyl (C=O) groups excluding carboxylic acids is 1. The van der Waals surface area contributed by atoms with Crippen molar-refractivity contribution in [3.05, 3.63) is 82.3 Å². The monoisotopic (exact) mass is 386 g/mol. The number of nitrogens with one attached hydrogen (secondary N) is 1. The Morgan fingerprint density at radius 3 is 2.42 bits per heavy atom. The van der Waals surface area contributed by atoms with E-state index in [0.29, 0.717) is 10.4 Å². The molecule has 1 atom stereocenters. The smallest absolute Gasteiger partial charge is 0.251 e. The Kier molecular flexibility index (Phi) is 5.49. The molecule has 1 aromatic carbocycles. The Morgan fingerprint density at radius 1 is 1.12 bits per heavy atom. The Balaban J connectivity index is 1.86. The van der Waals surface area contributed by atoms with Gasteiger partial charge in [0.2, 0.25) is 0 Å². The normalized spacial score (nSPS) is 12.5. The number of aromatic nitrogens is 1. The van der Waals surface area contributed by atoms with Crippen LogP contribution < -0.4 is 5.32 Å². The highest BCUT2D eigenvalue weighted by atomic mass is 32.2. The number of nitrogens with zero attached hydrogens (tertiary/aromatic N) is 1. The molecule has 0 aliphatic carbocycles. The van der Waals surface area contributed by atoms with Crippen LogP contribution in [0.5, 0.6) is 0 Å². The zero-order valence-corrected chi connectivity index (χ0v) is 15.8. The molecule has 0 aliphatic rings. The zero-order chi connectivity index (χ0) is 18.6. The van der Waals surface area contributed by atoms with Crippen LogP contribution in [0.25, 0.3) is 0 Å². The van der Waals surface area contributed by atoms with Crippen LogP contribution in [0.2, 0.25) is 0 Å². The Hall–Kier alpha value is -2.51. The van der Waals surface area contributed by atoms with E-state index in [4.69, 9.17) is 0 Å². The van der Waals surface area contributed by atoms with Crippen molar-refractivity contribution < 1.29 is 13.2 Å². The van der Waals surface area contributed by atoms with Crippen molar-refractivity contribution in [2.24, 2.45) is 0 Å². The molecule has 3 aromatic rings. The summed E-state index contributed by atoms with van der Waals surface area (Å²) in [7, 11) is -3.64. The van der Waals surface area contributed by atoms with Gasteiger partial charge in [-0.15, -0.1) is 11.3 Å². The molecule has 3 rings (SSSR count). The molecule has 0 fully saturated rings. The van der Waals surface area contributed by atoms with Crippen molar-refractivity contribution >= 4 is 27.1 Å². The van der Waals surface area contributed by atoms with Crippen molar-refractivity contribution in [2.45, 2.75) is 17.1 Å². The summed E-state index contributed by atoms with van der Waals surface area (Å²) in [5.74, 6) is -0.326. The first-order chi connectivity index (χ1) is 12.5. The van der Waals surface area contributed by atoms with E-state index in [2.05, 4.69) is 10.3 Å². The molecule has 5 nitrogen and oxygen atoms in total. The minimum absolute atomic E-state index is 0.00210. The summed E-state index contributed by atoms with van der Waals surface area (Å²) in [4.78, 5) is 17.1. The number of thiophene rings is 1. The van der Waals surface area contributed by atoms with Gasteiger partial charge >= 0.3 is 0 Å². The third kappa shape index (κ3) is 4.00. The molecule has 0 saturated heterocycles. The van der Waals surface area contributed by atoms with E-state index in [1.807, 2.05) is 18.4 Å². The van der Waals surface area contributed by atoms with Crippen molar-refractivity contribution in [3.63, 3.8) is 0 Å². The number of hydrogen-bond acceptors (Lipinski definition) is 5. The van der Waals surface area contributed by atoms with Gasteiger partial charge in [0.25, 0.3) is 5.91 Å². The third-order valence-electron chi connectivity index (χ3n) is 3.98. The van der Waals surface area contributed by atoms with Gasteiger partial charge in [0.15, 0.2) is 9.84 Å². The Morgan fingerprint density at radius 2 is 1.81 bits per heavy atom. The minimum atomic E-state index is -3.64. The Bertz CT molecular complexity index is 967. The molecule has 1 N–H and O–H groups in total. The van der Waals surface area contributed by atoms with Gasteiger partial charge in [-0.25, -0.2) is 8.42 Å². The van der Waals surface area contributed by atoms with Gasteiger partial charge in [-0.3, -0.25) is 9.78 Å². The summed E-state index contributed by atoms with van der Waals surface area (Å²) in [6, 6.07) is 13.5. The van der Waals surface area contributed by atoms with Gasteiger partial charge in [0.05, 0.1) is 4.90 Å². The lowest BCUT2D eigenvalue weighted by molar-refractivity contribution is 0.0953. The molecule has 7 heteroatoms. The topological polar surface area (TPSA) is 76.1 Å². The lowest BCUT2D eigenvalue weighted by atomic mass is 10.2. The van der Waals surface area contributed by atoms with Crippen LogP contribution in [0, 0.1) is 6.92 Å². The molecule has 2 heterocycles. The summed E-state index contributed by atoms with van der Waals surface area (Å²) < 4.78 is 26.3. The van der Waals surface area contributed by atoms with Crippen LogP contribution in [-0.2, 0) is 9.84 Å². The van der Waals surface area contributed by atoms with Gasteiger partial charge in [-0.2, -0.15) is 0 Å². The van der Waals surface area contributed by atoms with E-state index >= 15 is 0 Å². The molecule has 1 amide bonds. The third-order valence-corrected chi connectivity index (χ3v) is 7.21. The highest BCUT2D eigenvalue weighted by Gasteiger charge is 2.30. The highest BCUT2D eigenvalue weighted by molar-refractivity contribution is 7.91. The molecular formula is C19H18N2O3S2. The lowest BCUT2D eigenvalue weighted by Gasteiger charge is -2.17. The lowest BCUT2D eigenvalue weighted by Crippen LogP contribution is -2.31. The molecular weight excluding hydrogens is 368 g/mol. The molecule has 0 spiro atoms. The second-order valence-electron chi connectivity index (χ2n) is 5.81. The quantitative estimate of drug-likeness (QED) is 0.704. The summed E-state index contributed by atoms with van der Waals surface area (Å²) >= 11 is 1.36. The number of sulfone groups is 1. The van der Waals surface area contributed by atoms with E-state index in [1.165, 1.54) is 23.7 Å². The van der Waals surface area contributed by atoms with Crippen molar-refractivity contribution in [2.75, 3.05) is 6.54 Å².